The average Bonchev–Trinajstić information content (AvgIpc) is 3.32. The third kappa shape index (κ3) is 3.55. The molecule has 0 radical (unpaired) electrons. The number of benzene rings is 1. The summed E-state index contributed by atoms with van der Waals surface area (Å²) in [7, 11) is 0. The number of nitrogens with one attached hydrogen (secondary N) is 1. The van der Waals surface area contributed by atoms with Crippen molar-refractivity contribution >= 4 is 16.7 Å². The lowest BCUT2D eigenvalue weighted by Crippen LogP contribution is -2.36. The fourth-order valence-corrected chi connectivity index (χ4v) is 5.49. The second kappa shape index (κ2) is 7.36. The molecule has 3 fully saturated rings. The van der Waals surface area contributed by atoms with Crippen LogP contribution in [0.4, 0.5) is 5.82 Å². The van der Waals surface area contributed by atoms with Gasteiger partial charge in [0.05, 0.1) is 25.3 Å². The molecule has 2 aromatic rings. The van der Waals surface area contributed by atoms with Crippen LogP contribution in [0.25, 0.3) is 10.9 Å². The van der Waals surface area contributed by atoms with Crippen molar-refractivity contribution in [2.75, 3.05) is 31.6 Å². The summed E-state index contributed by atoms with van der Waals surface area (Å²) in [6.07, 6.45) is 5.72. The number of anilines is 1. The van der Waals surface area contributed by atoms with Crippen molar-refractivity contribution in [2.45, 2.75) is 45.2 Å². The van der Waals surface area contributed by atoms with Gasteiger partial charge in [-0.1, -0.05) is 18.6 Å². The zero-order valence-electron chi connectivity index (χ0n) is 16.2. The number of fused-ring (bicyclic) bond motifs is 3. The summed E-state index contributed by atoms with van der Waals surface area (Å²) in [4.78, 5) is 12.2. The first-order valence-electron chi connectivity index (χ1n) is 10.6. The molecule has 0 spiro atoms. The van der Waals surface area contributed by atoms with Gasteiger partial charge >= 0.3 is 0 Å². The van der Waals surface area contributed by atoms with Gasteiger partial charge in [-0.05, 0) is 56.1 Å². The van der Waals surface area contributed by atoms with Crippen molar-refractivity contribution in [2.24, 2.45) is 17.8 Å². The van der Waals surface area contributed by atoms with E-state index in [1.807, 2.05) is 0 Å². The molecule has 2 heterocycles. The molecule has 4 unspecified atom stereocenters. The van der Waals surface area contributed by atoms with Crippen molar-refractivity contribution < 1.29 is 4.74 Å². The van der Waals surface area contributed by atoms with Crippen LogP contribution in [-0.2, 0) is 11.3 Å². The highest BCUT2D eigenvalue weighted by Gasteiger charge is 2.41. The molecule has 0 amide bonds. The number of nitrogens with zero attached hydrogens (tertiary/aromatic N) is 3. The monoisotopic (exact) mass is 366 g/mol. The van der Waals surface area contributed by atoms with Crippen LogP contribution >= 0.6 is 0 Å². The quantitative estimate of drug-likeness (QED) is 0.874. The molecular weight excluding hydrogens is 336 g/mol. The molecule has 1 N–H and O–H groups in total. The van der Waals surface area contributed by atoms with E-state index in [1.54, 1.807) is 0 Å². The van der Waals surface area contributed by atoms with Crippen molar-refractivity contribution in [3.63, 3.8) is 0 Å². The predicted octanol–water partition coefficient (Wildman–Crippen LogP) is 3.70. The zero-order valence-corrected chi connectivity index (χ0v) is 16.2. The smallest absolute Gasteiger partial charge is 0.145 e. The number of morpholine rings is 1. The molecule has 1 saturated heterocycles. The second-order valence-corrected chi connectivity index (χ2v) is 8.67. The normalized spacial score (nSPS) is 29.3. The van der Waals surface area contributed by atoms with E-state index in [1.165, 1.54) is 25.7 Å². The van der Waals surface area contributed by atoms with E-state index in [4.69, 9.17) is 14.7 Å². The van der Waals surface area contributed by atoms with Crippen LogP contribution < -0.4 is 5.32 Å². The Balaban J connectivity index is 1.39. The van der Waals surface area contributed by atoms with E-state index in [0.717, 1.165) is 73.1 Å². The Labute approximate surface area is 161 Å². The van der Waals surface area contributed by atoms with Crippen LogP contribution in [0.1, 0.15) is 38.4 Å². The minimum absolute atomic E-state index is 0.467. The van der Waals surface area contributed by atoms with Gasteiger partial charge in [0.2, 0.25) is 0 Å². The molecule has 5 nitrogen and oxygen atoms in total. The summed E-state index contributed by atoms with van der Waals surface area (Å²) in [5, 5.41) is 4.93. The molecule has 4 atom stereocenters. The summed E-state index contributed by atoms with van der Waals surface area (Å²) >= 11 is 0. The van der Waals surface area contributed by atoms with Crippen LogP contribution in [0.2, 0.25) is 0 Å². The lowest BCUT2D eigenvalue weighted by atomic mass is 9.84. The summed E-state index contributed by atoms with van der Waals surface area (Å²) in [5.74, 6) is 4.61. The molecule has 144 valence electrons. The Morgan fingerprint density at radius 2 is 2.00 bits per heavy atom. The zero-order chi connectivity index (χ0) is 18.2. The van der Waals surface area contributed by atoms with Gasteiger partial charge in [-0.15, -0.1) is 0 Å². The molecule has 27 heavy (non-hydrogen) atoms. The van der Waals surface area contributed by atoms with Crippen molar-refractivity contribution in [1.82, 2.24) is 14.9 Å². The minimum Gasteiger partial charge on any atom is -0.379 e. The van der Waals surface area contributed by atoms with Crippen molar-refractivity contribution in [3.05, 3.63) is 30.1 Å². The number of hydrogen-bond acceptors (Lipinski definition) is 5. The lowest BCUT2D eigenvalue weighted by Gasteiger charge is -2.29. The van der Waals surface area contributed by atoms with E-state index < -0.39 is 0 Å². The maximum absolute atomic E-state index is 5.47. The molecule has 1 aliphatic heterocycles. The highest BCUT2D eigenvalue weighted by molar-refractivity contribution is 5.89. The number of rotatable bonds is 5. The number of ether oxygens (including phenoxy) is 1. The van der Waals surface area contributed by atoms with Gasteiger partial charge < -0.3 is 10.1 Å². The highest BCUT2D eigenvalue weighted by Crippen LogP contribution is 2.49. The topological polar surface area (TPSA) is 50.3 Å². The minimum atomic E-state index is 0.467. The standard InChI is InChI=1S/C22H30N4O/c1-15(19-13-16-6-7-17(19)12-16)23-22-18-4-2-3-5-20(18)24-21(25-22)14-26-8-10-27-11-9-26/h2-5,15-17,19H,6-14H2,1H3,(H,23,24,25). The molecular formula is C22H30N4O. The van der Waals surface area contributed by atoms with Crippen molar-refractivity contribution in [3.8, 4) is 0 Å². The van der Waals surface area contributed by atoms with Crippen LogP contribution in [0.15, 0.2) is 24.3 Å². The summed E-state index contributed by atoms with van der Waals surface area (Å²) in [5.41, 5.74) is 1.04. The number of para-hydroxylation sites is 1. The van der Waals surface area contributed by atoms with Crippen LogP contribution in [0.3, 0.4) is 0 Å². The SMILES string of the molecule is CC(Nc1nc(CN2CCOCC2)nc2ccccc12)C1CC2CCC1C2. The molecule has 3 aliphatic rings. The molecule has 1 aromatic carbocycles. The summed E-state index contributed by atoms with van der Waals surface area (Å²) in [6, 6.07) is 8.86. The first-order chi connectivity index (χ1) is 13.3. The Morgan fingerprint density at radius 1 is 1.15 bits per heavy atom. The summed E-state index contributed by atoms with van der Waals surface area (Å²) in [6.45, 7) is 6.68. The maximum atomic E-state index is 5.47. The Kier molecular flexibility index (Phi) is 4.74. The van der Waals surface area contributed by atoms with Gasteiger partial charge in [-0.25, -0.2) is 9.97 Å². The third-order valence-electron chi connectivity index (χ3n) is 6.92. The van der Waals surface area contributed by atoms with Crippen molar-refractivity contribution in [1.29, 1.82) is 0 Å². The Hall–Kier alpha value is -1.72. The molecule has 5 heteroatoms. The molecule has 5 rings (SSSR count). The Morgan fingerprint density at radius 3 is 2.78 bits per heavy atom. The molecule has 2 saturated carbocycles. The predicted molar refractivity (Wildman–Crippen MR) is 108 cm³/mol. The maximum Gasteiger partial charge on any atom is 0.145 e. The van der Waals surface area contributed by atoms with E-state index in [9.17, 15) is 0 Å². The highest BCUT2D eigenvalue weighted by atomic mass is 16.5. The number of aromatic nitrogens is 2. The fourth-order valence-electron chi connectivity index (χ4n) is 5.49. The van der Waals surface area contributed by atoms with Gasteiger partial charge in [-0.2, -0.15) is 0 Å². The Bertz CT molecular complexity index is 804. The van der Waals surface area contributed by atoms with Gasteiger partial charge in [0.1, 0.15) is 11.6 Å². The lowest BCUT2D eigenvalue weighted by molar-refractivity contribution is 0.0331. The van der Waals surface area contributed by atoms with Gasteiger partial charge in [0.15, 0.2) is 0 Å². The number of hydrogen-bond donors (Lipinski definition) is 1. The summed E-state index contributed by atoms with van der Waals surface area (Å²) < 4.78 is 5.47. The first kappa shape index (κ1) is 17.4. The van der Waals surface area contributed by atoms with E-state index in [2.05, 4.69) is 41.4 Å². The van der Waals surface area contributed by atoms with Gasteiger partial charge in [0.25, 0.3) is 0 Å². The third-order valence-corrected chi connectivity index (χ3v) is 6.92. The second-order valence-electron chi connectivity index (χ2n) is 8.67. The van der Waals surface area contributed by atoms with Crippen LogP contribution in [-0.4, -0.2) is 47.2 Å². The van der Waals surface area contributed by atoms with Crippen LogP contribution in [0.5, 0.6) is 0 Å². The molecule has 2 aliphatic carbocycles. The van der Waals surface area contributed by atoms with Gasteiger partial charge in [0, 0.05) is 24.5 Å². The largest absolute Gasteiger partial charge is 0.379 e. The van der Waals surface area contributed by atoms with E-state index in [0.29, 0.717) is 6.04 Å². The van der Waals surface area contributed by atoms with E-state index >= 15 is 0 Å². The van der Waals surface area contributed by atoms with E-state index in [-0.39, 0.29) is 0 Å². The molecule has 1 aromatic heterocycles. The molecule has 2 bridgehead atoms. The van der Waals surface area contributed by atoms with Gasteiger partial charge in [-0.3, -0.25) is 4.90 Å². The first-order valence-corrected chi connectivity index (χ1v) is 10.6. The fraction of sp³-hybridized carbons (Fsp3) is 0.636. The average molecular weight is 367 g/mol. The van der Waals surface area contributed by atoms with Crippen LogP contribution in [0, 0.1) is 17.8 Å².